The van der Waals surface area contributed by atoms with E-state index >= 15 is 0 Å². The van der Waals surface area contributed by atoms with Gasteiger partial charge in [0, 0.05) is 12.7 Å². The average Bonchev–Trinajstić information content (AvgIpc) is 2.92. The van der Waals surface area contributed by atoms with Gasteiger partial charge in [0.25, 0.3) is 17.4 Å². The maximum atomic E-state index is 12.4. The van der Waals surface area contributed by atoms with Gasteiger partial charge in [-0.1, -0.05) is 0 Å². The number of nitrogens with zero attached hydrogens (tertiary/aromatic N) is 2. The Morgan fingerprint density at radius 3 is 2.91 bits per heavy atom. The van der Waals surface area contributed by atoms with Crippen LogP contribution in [0.25, 0.3) is 0 Å². The van der Waals surface area contributed by atoms with Gasteiger partial charge >= 0.3 is 0 Å². The molecule has 0 radical (unpaired) electrons. The van der Waals surface area contributed by atoms with E-state index in [1.54, 1.807) is 17.9 Å². The van der Waals surface area contributed by atoms with Crippen LogP contribution in [-0.2, 0) is 13.5 Å². The number of nitrogens with two attached hydrogens (primary N) is 1. The first kappa shape index (κ1) is 15.0. The molecule has 4 N–H and O–H groups in total. The molecular weight excluding hydrogens is 298 g/mol. The highest BCUT2D eigenvalue weighted by Crippen LogP contribution is 2.28. The molecule has 8 heteroatoms. The number of aromatic amines is 1. The van der Waals surface area contributed by atoms with Gasteiger partial charge in [0.05, 0.1) is 18.6 Å². The minimum absolute atomic E-state index is 0.0922. The molecule has 8 nitrogen and oxygen atoms in total. The number of hydrogen-bond acceptors (Lipinski definition) is 4. The Hall–Kier alpha value is -2.90. The molecule has 0 spiro atoms. The van der Waals surface area contributed by atoms with Gasteiger partial charge in [-0.15, -0.1) is 0 Å². The van der Waals surface area contributed by atoms with E-state index in [9.17, 15) is 14.4 Å². The zero-order chi connectivity index (χ0) is 16.6. The minimum atomic E-state index is -0.781. The Labute approximate surface area is 131 Å². The summed E-state index contributed by atoms with van der Waals surface area (Å²) in [5, 5.41) is 2.93. The molecule has 0 saturated carbocycles. The van der Waals surface area contributed by atoms with Crippen LogP contribution in [0.2, 0.25) is 0 Å². The van der Waals surface area contributed by atoms with Gasteiger partial charge in [-0.2, -0.15) is 0 Å². The molecule has 120 valence electrons. The molecule has 1 atom stereocenters. The number of aromatic nitrogens is 3. The number of H-pyrrole nitrogens is 1. The van der Waals surface area contributed by atoms with Crippen molar-refractivity contribution >= 4 is 11.8 Å². The molecule has 0 fully saturated rings. The third kappa shape index (κ3) is 2.75. The van der Waals surface area contributed by atoms with Crippen LogP contribution >= 0.6 is 0 Å². The van der Waals surface area contributed by atoms with E-state index in [4.69, 9.17) is 5.73 Å². The standard InChI is InChI=1S/C15H17N5O3/c1-20-7-17-6-12(20)15(23)19-11-4-2-3-10-8(11)5-9(13(16)21)14(22)18-10/h5-7,11H,2-4H2,1H3,(H2,16,21)(H,18,22)(H,19,23). The predicted octanol–water partition coefficient (Wildman–Crippen LogP) is 0.0147. The highest BCUT2D eigenvalue weighted by Gasteiger charge is 2.25. The molecular formula is C15H17N5O3. The molecule has 2 aromatic heterocycles. The quantitative estimate of drug-likeness (QED) is 0.738. The fourth-order valence-corrected chi connectivity index (χ4v) is 2.88. The molecule has 23 heavy (non-hydrogen) atoms. The summed E-state index contributed by atoms with van der Waals surface area (Å²) in [6, 6.07) is 1.21. The smallest absolute Gasteiger partial charge is 0.270 e. The molecule has 1 unspecified atom stereocenters. The number of aryl methyl sites for hydroxylation is 2. The summed E-state index contributed by atoms with van der Waals surface area (Å²) in [5.41, 5.74) is 6.57. The van der Waals surface area contributed by atoms with Crippen molar-refractivity contribution in [2.75, 3.05) is 0 Å². The van der Waals surface area contributed by atoms with E-state index < -0.39 is 11.5 Å². The monoisotopic (exact) mass is 315 g/mol. The SMILES string of the molecule is Cn1cncc1C(=O)NC1CCCc2[nH]c(=O)c(C(N)=O)cc21. The van der Waals surface area contributed by atoms with Crippen LogP contribution in [0.4, 0.5) is 0 Å². The van der Waals surface area contributed by atoms with Crippen LogP contribution in [0.5, 0.6) is 0 Å². The van der Waals surface area contributed by atoms with Gasteiger partial charge in [0.2, 0.25) is 0 Å². The summed E-state index contributed by atoms with van der Waals surface area (Å²) in [7, 11) is 1.74. The van der Waals surface area contributed by atoms with Crippen molar-refractivity contribution in [2.45, 2.75) is 25.3 Å². The Morgan fingerprint density at radius 1 is 1.48 bits per heavy atom. The molecule has 0 saturated heterocycles. The number of fused-ring (bicyclic) bond motifs is 1. The summed E-state index contributed by atoms with van der Waals surface area (Å²) in [6.45, 7) is 0. The zero-order valence-electron chi connectivity index (χ0n) is 12.6. The second-order valence-corrected chi connectivity index (χ2v) is 5.62. The summed E-state index contributed by atoms with van der Waals surface area (Å²) in [4.78, 5) is 42.2. The fourth-order valence-electron chi connectivity index (χ4n) is 2.88. The Bertz CT molecular complexity index is 836. The van der Waals surface area contributed by atoms with Crippen LogP contribution in [0.1, 0.15) is 51.0 Å². The number of carbonyl (C=O) groups is 2. The predicted molar refractivity (Wildman–Crippen MR) is 81.9 cm³/mol. The van der Waals surface area contributed by atoms with E-state index in [-0.39, 0.29) is 17.5 Å². The van der Waals surface area contributed by atoms with Crippen LogP contribution in [0, 0.1) is 0 Å². The van der Waals surface area contributed by atoms with Gasteiger partial charge in [-0.25, -0.2) is 4.98 Å². The zero-order valence-corrected chi connectivity index (χ0v) is 12.6. The van der Waals surface area contributed by atoms with Crippen molar-refractivity contribution < 1.29 is 9.59 Å². The number of nitrogens with one attached hydrogen (secondary N) is 2. The molecule has 0 aliphatic heterocycles. The lowest BCUT2D eigenvalue weighted by Crippen LogP contribution is -2.34. The van der Waals surface area contributed by atoms with Crippen LogP contribution in [-0.4, -0.2) is 26.3 Å². The van der Waals surface area contributed by atoms with Gasteiger partial charge in [-0.05, 0) is 30.9 Å². The second kappa shape index (κ2) is 5.71. The molecule has 3 rings (SSSR count). The molecule has 2 amide bonds. The summed E-state index contributed by atoms with van der Waals surface area (Å²) < 4.78 is 1.63. The van der Waals surface area contributed by atoms with Crippen molar-refractivity contribution in [3.8, 4) is 0 Å². The fraction of sp³-hybridized carbons (Fsp3) is 0.333. The number of hydrogen-bond donors (Lipinski definition) is 3. The van der Waals surface area contributed by atoms with E-state index in [2.05, 4.69) is 15.3 Å². The number of carbonyl (C=O) groups excluding carboxylic acids is 2. The summed E-state index contributed by atoms with van der Waals surface area (Å²) in [5.74, 6) is -1.04. The first-order chi connectivity index (χ1) is 11.0. The third-order valence-corrected chi connectivity index (χ3v) is 4.07. The summed E-state index contributed by atoms with van der Waals surface area (Å²) >= 11 is 0. The van der Waals surface area contributed by atoms with Gasteiger partial charge in [0.1, 0.15) is 11.3 Å². The Balaban J connectivity index is 1.93. The van der Waals surface area contributed by atoms with Crippen molar-refractivity contribution in [2.24, 2.45) is 12.8 Å². The molecule has 0 aromatic carbocycles. The number of pyridine rings is 1. The van der Waals surface area contributed by atoms with Crippen LogP contribution in [0.3, 0.4) is 0 Å². The molecule has 0 bridgehead atoms. The van der Waals surface area contributed by atoms with Gasteiger partial charge < -0.3 is 20.6 Å². The van der Waals surface area contributed by atoms with Crippen LogP contribution < -0.4 is 16.6 Å². The normalized spacial score (nSPS) is 16.7. The van der Waals surface area contributed by atoms with E-state index in [1.807, 2.05) is 0 Å². The topological polar surface area (TPSA) is 123 Å². The molecule has 2 aromatic rings. The number of rotatable bonds is 3. The van der Waals surface area contributed by atoms with E-state index in [0.717, 1.165) is 24.1 Å². The first-order valence-electron chi connectivity index (χ1n) is 7.30. The number of primary amides is 1. The lowest BCUT2D eigenvalue weighted by atomic mass is 9.90. The van der Waals surface area contributed by atoms with Crippen molar-refractivity contribution in [3.63, 3.8) is 0 Å². The number of amides is 2. The Morgan fingerprint density at radius 2 is 2.26 bits per heavy atom. The first-order valence-corrected chi connectivity index (χ1v) is 7.30. The molecule has 1 aliphatic rings. The second-order valence-electron chi connectivity index (χ2n) is 5.62. The highest BCUT2D eigenvalue weighted by molar-refractivity contribution is 5.93. The van der Waals surface area contributed by atoms with Crippen molar-refractivity contribution in [1.82, 2.24) is 19.9 Å². The van der Waals surface area contributed by atoms with Crippen LogP contribution in [0.15, 0.2) is 23.4 Å². The van der Waals surface area contributed by atoms with Crippen molar-refractivity contribution in [3.05, 3.63) is 51.5 Å². The lowest BCUT2D eigenvalue weighted by molar-refractivity contribution is 0.0924. The van der Waals surface area contributed by atoms with Gasteiger partial charge in [0.15, 0.2) is 0 Å². The average molecular weight is 315 g/mol. The van der Waals surface area contributed by atoms with E-state index in [1.165, 1.54) is 12.3 Å². The van der Waals surface area contributed by atoms with E-state index in [0.29, 0.717) is 12.1 Å². The molecule has 2 heterocycles. The minimum Gasteiger partial charge on any atom is -0.365 e. The van der Waals surface area contributed by atoms with Gasteiger partial charge in [-0.3, -0.25) is 14.4 Å². The molecule has 1 aliphatic carbocycles. The maximum Gasteiger partial charge on any atom is 0.270 e. The highest BCUT2D eigenvalue weighted by atomic mass is 16.2. The lowest BCUT2D eigenvalue weighted by Gasteiger charge is -2.26. The third-order valence-electron chi connectivity index (χ3n) is 4.07. The van der Waals surface area contributed by atoms with Crippen molar-refractivity contribution in [1.29, 1.82) is 0 Å². The Kier molecular flexibility index (Phi) is 3.73. The number of imidazole rings is 1. The largest absolute Gasteiger partial charge is 0.365 e. The summed E-state index contributed by atoms with van der Waals surface area (Å²) in [6.07, 6.45) is 5.28. The maximum absolute atomic E-state index is 12.4.